The fourth-order valence-corrected chi connectivity index (χ4v) is 5.97. The number of amides is 1. The summed E-state index contributed by atoms with van der Waals surface area (Å²) in [6.07, 6.45) is 5.98. The molecule has 1 saturated heterocycles. The van der Waals surface area contributed by atoms with Gasteiger partial charge in [-0.2, -0.15) is 0 Å². The largest absolute Gasteiger partial charge is 0.448 e. The van der Waals surface area contributed by atoms with E-state index >= 15 is 0 Å². The lowest BCUT2D eigenvalue weighted by atomic mass is 9.83. The molecule has 2 heterocycles. The molecule has 2 bridgehead atoms. The van der Waals surface area contributed by atoms with Crippen molar-refractivity contribution in [3.63, 3.8) is 0 Å². The van der Waals surface area contributed by atoms with Crippen molar-refractivity contribution < 1.29 is 9.53 Å². The van der Waals surface area contributed by atoms with Gasteiger partial charge in [0.2, 0.25) is 0 Å². The van der Waals surface area contributed by atoms with Crippen molar-refractivity contribution in [1.29, 1.82) is 0 Å². The maximum absolute atomic E-state index is 13.4. The Labute approximate surface area is 194 Å². The number of hydrogen-bond acceptors (Lipinski definition) is 3. The molecule has 0 spiro atoms. The molecule has 1 fully saturated rings. The fourth-order valence-electron chi connectivity index (χ4n) is 5.97. The van der Waals surface area contributed by atoms with Gasteiger partial charge < -0.3 is 10.5 Å². The molecule has 3 aliphatic rings. The maximum atomic E-state index is 13.4. The first-order chi connectivity index (χ1) is 16.2. The number of piperidine rings is 1. The van der Waals surface area contributed by atoms with E-state index in [1.165, 1.54) is 27.8 Å². The van der Waals surface area contributed by atoms with E-state index in [1.807, 2.05) is 23.1 Å². The van der Waals surface area contributed by atoms with Crippen LogP contribution in [0.3, 0.4) is 0 Å². The van der Waals surface area contributed by atoms with Crippen LogP contribution in [0.1, 0.15) is 48.3 Å². The molecule has 2 unspecified atom stereocenters. The predicted octanol–water partition coefficient (Wildman–Crippen LogP) is 6.23. The van der Waals surface area contributed by atoms with Gasteiger partial charge in [0.1, 0.15) is 6.61 Å². The summed E-state index contributed by atoms with van der Waals surface area (Å²) in [5.41, 5.74) is 14.4. The van der Waals surface area contributed by atoms with Crippen molar-refractivity contribution in [2.75, 3.05) is 12.3 Å². The number of para-hydroxylation sites is 1. The predicted molar refractivity (Wildman–Crippen MR) is 132 cm³/mol. The molecule has 2 N–H and O–H groups in total. The van der Waals surface area contributed by atoms with Gasteiger partial charge in [-0.05, 0) is 59.6 Å². The first-order valence-corrected chi connectivity index (χ1v) is 11.9. The van der Waals surface area contributed by atoms with Gasteiger partial charge in [-0.15, -0.1) is 0 Å². The second kappa shape index (κ2) is 8.11. The second-order valence-corrected chi connectivity index (χ2v) is 9.35. The molecule has 1 aliphatic carbocycles. The number of anilines is 1. The second-order valence-electron chi connectivity index (χ2n) is 9.35. The summed E-state index contributed by atoms with van der Waals surface area (Å²) in [5, 5.41) is 0. The van der Waals surface area contributed by atoms with Crippen LogP contribution in [0.25, 0.3) is 16.7 Å². The van der Waals surface area contributed by atoms with Crippen molar-refractivity contribution in [3.8, 4) is 11.1 Å². The molecular weight excluding hydrogens is 408 g/mol. The SMILES string of the molecule is Nc1ccccc1C1=CC2CCCC(C1)N2C(=O)OCC1c2ccccc2-c2ccccc21. The van der Waals surface area contributed by atoms with Gasteiger partial charge in [0.15, 0.2) is 0 Å². The Hall–Kier alpha value is -3.53. The minimum Gasteiger partial charge on any atom is -0.448 e. The highest BCUT2D eigenvalue weighted by molar-refractivity contribution is 5.80. The van der Waals surface area contributed by atoms with Crippen LogP contribution < -0.4 is 5.73 Å². The Bertz CT molecular complexity index is 1200. The lowest BCUT2D eigenvalue weighted by Gasteiger charge is -2.44. The van der Waals surface area contributed by atoms with Crippen molar-refractivity contribution in [2.24, 2.45) is 0 Å². The zero-order valence-electron chi connectivity index (χ0n) is 18.6. The van der Waals surface area contributed by atoms with Crippen molar-refractivity contribution in [1.82, 2.24) is 4.90 Å². The summed E-state index contributed by atoms with van der Waals surface area (Å²) < 4.78 is 6.01. The van der Waals surface area contributed by atoms with E-state index in [-0.39, 0.29) is 24.1 Å². The Morgan fingerprint density at radius 2 is 1.52 bits per heavy atom. The van der Waals surface area contributed by atoms with Gasteiger partial charge in [-0.25, -0.2) is 4.79 Å². The molecule has 3 aromatic rings. The molecule has 0 saturated carbocycles. The third-order valence-corrected chi connectivity index (χ3v) is 7.49. The van der Waals surface area contributed by atoms with Crippen molar-refractivity contribution in [3.05, 3.63) is 95.6 Å². The van der Waals surface area contributed by atoms with Crippen molar-refractivity contribution in [2.45, 2.75) is 43.7 Å². The zero-order chi connectivity index (χ0) is 22.4. The molecule has 4 nitrogen and oxygen atoms in total. The molecule has 33 heavy (non-hydrogen) atoms. The van der Waals surface area contributed by atoms with Crippen molar-refractivity contribution >= 4 is 17.4 Å². The van der Waals surface area contributed by atoms with Gasteiger partial charge in [0.05, 0.1) is 6.04 Å². The number of rotatable bonds is 3. The first-order valence-electron chi connectivity index (χ1n) is 11.9. The number of nitrogens with zero attached hydrogens (tertiary/aromatic N) is 1. The highest BCUT2D eigenvalue weighted by Gasteiger charge is 2.39. The summed E-state index contributed by atoms with van der Waals surface area (Å²) in [7, 11) is 0. The molecule has 2 atom stereocenters. The highest BCUT2D eigenvalue weighted by atomic mass is 16.6. The van der Waals surface area contributed by atoms with Crippen LogP contribution in [0.5, 0.6) is 0 Å². The quantitative estimate of drug-likeness (QED) is 0.495. The Balaban J connectivity index is 1.23. The van der Waals surface area contributed by atoms with Crippen LogP contribution in [0.2, 0.25) is 0 Å². The van der Waals surface area contributed by atoms with E-state index in [9.17, 15) is 4.79 Å². The van der Waals surface area contributed by atoms with E-state index in [0.717, 1.165) is 36.9 Å². The number of benzene rings is 3. The average Bonchev–Trinajstić information content (AvgIpc) is 3.16. The average molecular weight is 437 g/mol. The van der Waals surface area contributed by atoms with E-state index in [2.05, 4.69) is 60.7 Å². The number of hydrogen-bond donors (Lipinski definition) is 1. The van der Waals surface area contributed by atoms with Crippen LogP contribution in [0.4, 0.5) is 10.5 Å². The molecular formula is C29H28N2O2. The van der Waals surface area contributed by atoms with Crippen LogP contribution in [0, 0.1) is 0 Å². The lowest BCUT2D eigenvalue weighted by molar-refractivity contribution is 0.0539. The molecule has 1 amide bonds. The number of fused-ring (bicyclic) bond motifs is 5. The minimum atomic E-state index is -0.192. The lowest BCUT2D eigenvalue weighted by Crippen LogP contribution is -2.51. The number of carbonyl (C=O) groups excluding carboxylic acids is 1. The molecule has 2 aliphatic heterocycles. The molecule has 3 aromatic carbocycles. The minimum absolute atomic E-state index is 0.0720. The summed E-state index contributed by atoms with van der Waals surface area (Å²) in [6.45, 7) is 0.366. The van der Waals surface area contributed by atoms with Gasteiger partial charge in [0.25, 0.3) is 0 Å². The smallest absolute Gasteiger partial charge is 0.410 e. The Kier molecular flexibility index (Phi) is 4.94. The van der Waals surface area contributed by atoms with Crippen LogP contribution >= 0.6 is 0 Å². The monoisotopic (exact) mass is 436 g/mol. The topological polar surface area (TPSA) is 55.6 Å². The Morgan fingerprint density at radius 3 is 2.18 bits per heavy atom. The molecule has 6 rings (SSSR count). The van der Waals surface area contributed by atoms with Gasteiger partial charge in [0, 0.05) is 23.2 Å². The molecule has 0 aromatic heterocycles. The highest BCUT2D eigenvalue weighted by Crippen LogP contribution is 2.45. The van der Waals surface area contributed by atoms with Crippen LogP contribution in [-0.4, -0.2) is 29.7 Å². The fraction of sp³-hybridized carbons (Fsp3) is 0.276. The van der Waals surface area contributed by atoms with Gasteiger partial charge >= 0.3 is 6.09 Å². The summed E-state index contributed by atoms with van der Waals surface area (Å²) >= 11 is 0. The Morgan fingerprint density at radius 1 is 0.879 bits per heavy atom. The van der Waals surface area contributed by atoms with E-state index in [0.29, 0.717) is 6.61 Å². The zero-order valence-corrected chi connectivity index (χ0v) is 18.6. The van der Waals surface area contributed by atoms with Gasteiger partial charge in [-0.3, -0.25) is 4.90 Å². The maximum Gasteiger partial charge on any atom is 0.410 e. The van der Waals surface area contributed by atoms with E-state index < -0.39 is 0 Å². The van der Waals surface area contributed by atoms with Crippen LogP contribution in [0.15, 0.2) is 78.9 Å². The number of nitrogen functional groups attached to an aromatic ring is 1. The van der Waals surface area contributed by atoms with E-state index in [4.69, 9.17) is 10.5 Å². The standard InChI is InChI=1S/C29H28N2O2/c30-28-15-6-5-10-22(28)19-16-20-8-7-9-21(17-19)31(20)29(32)33-18-27-25-13-3-1-11-23(25)24-12-2-4-14-26(24)27/h1-6,10-16,20-21,27H,7-9,17-18,30H2. The first kappa shape index (κ1) is 20.1. The third-order valence-electron chi connectivity index (χ3n) is 7.49. The van der Waals surface area contributed by atoms with Crippen LogP contribution in [-0.2, 0) is 4.74 Å². The molecule has 166 valence electrons. The normalized spacial score (nSPS) is 21.2. The van der Waals surface area contributed by atoms with Gasteiger partial charge in [-0.1, -0.05) is 72.8 Å². The third kappa shape index (κ3) is 3.41. The van der Waals surface area contributed by atoms with E-state index in [1.54, 1.807) is 0 Å². The summed E-state index contributed by atoms with van der Waals surface area (Å²) in [5.74, 6) is 0.0844. The number of ether oxygens (including phenoxy) is 1. The number of carbonyl (C=O) groups is 1. The molecule has 4 heteroatoms. The molecule has 0 radical (unpaired) electrons. The summed E-state index contributed by atoms with van der Waals surface area (Å²) in [6, 6.07) is 25.2. The summed E-state index contributed by atoms with van der Waals surface area (Å²) in [4.78, 5) is 15.3. The number of nitrogens with two attached hydrogens (primary N) is 1.